The molecular formula is C23H27N3O5S2. The van der Waals surface area contributed by atoms with Crippen molar-refractivity contribution in [3.8, 4) is 0 Å². The van der Waals surface area contributed by atoms with E-state index in [2.05, 4.69) is 4.98 Å². The Kier molecular flexibility index (Phi) is 6.26. The number of aromatic nitrogens is 2. The van der Waals surface area contributed by atoms with Gasteiger partial charge in [0.2, 0.25) is 10.0 Å². The molecule has 176 valence electrons. The van der Waals surface area contributed by atoms with Crippen molar-refractivity contribution in [3.05, 3.63) is 45.4 Å². The fourth-order valence-corrected chi connectivity index (χ4v) is 7.14. The number of aryl methyl sites for hydroxylation is 2. The Labute approximate surface area is 197 Å². The van der Waals surface area contributed by atoms with Crippen molar-refractivity contribution in [2.45, 2.75) is 50.7 Å². The van der Waals surface area contributed by atoms with Gasteiger partial charge in [-0.15, -0.1) is 11.3 Å². The number of imidazole rings is 1. The number of nitrogens with zero attached hydrogens (tertiary/aromatic N) is 3. The number of hydrogen-bond donors (Lipinski definition) is 0. The van der Waals surface area contributed by atoms with Crippen molar-refractivity contribution in [2.24, 2.45) is 0 Å². The third-order valence-corrected chi connectivity index (χ3v) is 9.32. The summed E-state index contributed by atoms with van der Waals surface area (Å²) in [6.07, 6.45) is 4.24. The molecule has 3 heterocycles. The number of rotatable bonds is 6. The van der Waals surface area contributed by atoms with Crippen molar-refractivity contribution in [1.82, 2.24) is 13.9 Å². The first-order valence-corrected chi connectivity index (χ1v) is 13.6. The molecule has 3 aromatic rings. The van der Waals surface area contributed by atoms with Crippen molar-refractivity contribution in [1.29, 1.82) is 0 Å². The molecule has 1 aliphatic heterocycles. The molecule has 1 saturated heterocycles. The van der Waals surface area contributed by atoms with Crippen LogP contribution in [0.3, 0.4) is 0 Å². The van der Waals surface area contributed by atoms with E-state index in [1.54, 1.807) is 29.5 Å². The summed E-state index contributed by atoms with van der Waals surface area (Å²) in [7, 11) is -3.61. The first kappa shape index (κ1) is 22.5. The molecule has 2 aromatic heterocycles. The number of ether oxygens (including phenoxy) is 2. The second-order valence-electron chi connectivity index (χ2n) is 8.27. The van der Waals surface area contributed by atoms with Gasteiger partial charge in [-0.3, -0.25) is 0 Å². The van der Waals surface area contributed by atoms with Gasteiger partial charge in [0.25, 0.3) is 0 Å². The zero-order valence-electron chi connectivity index (χ0n) is 18.6. The molecular weight excluding hydrogens is 462 g/mol. The summed E-state index contributed by atoms with van der Waals surface area (Å²) in [6.45, 7) is 4.14. The van der Waals surface area contributed by atoms with E-state index in [1.165, 1.54) is 15.6 Å². The van der Waals surface area contributed by atoms with Crippen molar-refractivity contribution in [2.75, 3.05) is 26.3 Å². The van der Waals surface area contributed by atoms with Gasteiger partial charge in [0, 0.05) is 29.9 Å². The van der Waals surface area contributed by atoms with Crippen molar-refractivity contribution in [3.63, 3.8) is 0 Å². The van der Waals surface area contributed by atoms with Crippen LogP contribution in [0.5, 0.6) is 0 Å². The van der Waals surface area contributed by atoms with Crippen LogP contribution in [0.1, 0.15) is 46.4 Å². The summed E-state index contributed by atoms with van der Waals surface area (Å²) < 4.78 is 40.4. The second-order valence-corrected chi connectivity index (χ2v) is 11.2. The molecule has 2 aliphatic rings. The van der Waals surface area contributed by atoms with Gasteiger partial charge >= 0.3 is 5.97 Å². The molecule has 0 amide bonds. The Morgan fingerprint density at radius 2 is 2.00 bits per heavy atom. The van der Waals surface area contributed by atoms with Crippen LogP contribution in [0.15, 0.2) is 28.5 Å². The lowest BCUT2D eigenvalue weighted by atomic mass is 9.96. The molecule has 5 rings (SSSR count). The fraction of sp³-hybridized carbons (Fsp3) is 0.478. The van der Waals surface area contributed by atoms with Gasteiger partial charge < -0.3 is 14.0 Å². The van der Waals surface area contributed by atoms with E-state index in [1.807, 2.05) is 16.9 Å². The molecule has 1 aromatic carbocycles. The largest absolute Gasteiger partial charge is 0.454 e. The Balaban J connectivity index is 1.38. The monoisotopic (exact) mass is 489 g/mol. The summed E-state index contributed by atoms with van der Waals surface area (Å²) in [6, 6.07) is 5.00. The third-order valence-electron chi connectivity index (χ3n) is 6.34. The maximum Gasteiger partial charge on any atom is 0.339 e. The molecule has 1 fully saturated rings. The Morgan fingerprint density at radius 1 is 1.21 bits per heavy atom. The van der Waals surface area contributed by atoms with Crippen molar-refractivity contribution >= 4 is 38.4 Å². The lowest BCUT2D eigenvalue weighted by Crippen LogP contribution is -2.40. The topological polar surface area (TPSA) is 90.7 Å². The molecule has 0 radical (unpaired) electrons. The van der Waals surface area contributed by atoms with Gasteiger partial charge in [-0.2, -0.15) is 4.31 Å². The van der Waals surface area contributed by atoms with Crippen molar-refractivity contribution < 1.29 is 22.7 Å². The number of sulfonamides is 1. The van der Waals surface area contributed by atoms with E-state index >= 15 is 0 Å². The zero-order chi connectivity index (χ0) is 23.0. The van der Waals surface area contributed by atoms with Crippen LogP contribution < -0.4 is 0 Å². The minimum absolute atomic E-state index is 0.0392. The molecule has 0 atom stereocenters. The van der Waals surface area contributed by atoms with Gasteiger partial charge in [-0.25, -0.2) is 18.2 Å². The van der Waals surface area contributed by atoms with E-state index < -0.39 is 10.0 Å². The highest BCUT2D eigenvalue weighted by atomic mass is 32.2. The van der Waals surface area contributed by atoms with Crippen LogP contribution in [0.2, 0.25) is 0 Å². The van der Waals surface area contributed by atoms with Gasteiger partial charge in [0.15, 0.2) is 0 Å². The summed E-state index contributed by atoms with van der Waals surface area (Å²) in [5, 5.41) is 1.91. The molecule has 0 spiro atoms. The third kappa shape index (κ3) is 4.21. The highest BCUT2D eigenvalue weighted by Gasteiger charge is 2.27. The molecule has 0 bridgehead atoms. The van der Waals surface area contributed by atoms with Crippen LogP contribution in [0.4, 0.5) is 0 Å². The molecule has 10 heteroatoms. The first-order chi connectivity index (χ1) is 16.0. The average molecular weight is 490 g/mol. The van der Waals surface area contributed by atoms with Crippen LogP contribution >= 0.6 is 11.3 Å². The Morgan fingerprint density at radius 3 is 2.79 bits per heavy atom. The zero-order valence-corrected chi connectivity index (χ0v) is 20.2. The number of benzene rings is 1. The van der Waals surface area contributed by atoms with Gasteiger partial charge in [-0.05, 0) is 56.4 Å². The summed E-state index contributed by atoms with van der Waals surface area (Å²) >= 11 is 1.64. The predicted octanol–water partition coefficient (Wildman–Crippen LogP) is 3.37. The lowest BCUT2D eigenvalue weighted by molar-refractivity contribution is 0.0458. The highest BCUT2D eigenvalue weighted by Crippen LogP contribution is 2.31. The van der Waals surface area contributed by atoms with Gasteiger partial charge in [-0.1, -0.05) is 0 Å². The van der Waals surface area contributed by atoms with Crippen LogP contribution in [0, 0.1) is 0 Å². The average Bonchev–Trinajstić information content (AvgIpc) is 3.43. The molecule has 0 saturated carbocycles. The minimum Gasteiger partial charge on any atom is -0.454 e. The van der Waals surface area contributed by atoms with E-state index in [0.29, 0.717) is 49.8 Å². The number of fused-ring (bicyclic) bond motifs is 2. The predicted molar refractivity (Wildman–Crippen MR) is 125 cm³/mol. The highest BCUT2D eigenvalue weighted by molar-refractivity contribution is 7.89. The number of thiophene rings is 1. The molecule has 8 nitrogen and oxygen atoms in total. The fourth-order valence-electron chi connectivity index (χ4n) is 4.59. The van der Waals surface area contributed by atoms with Crippen LogP contribution in [-0.2, 0) is 45.5 Å². The number of carbonyl (C=O) groups is 1. The summed E-state index contributed by atoms with van der Waals surface area (Å²) in [5.74, 6) is 0.283. The minimum atomic E-state index is -3.61. The van der Waals surface area contributed by atoms with E-state index in [9.17, 15) is 13.2 Å². The quantitative estimate of drug-likeness (QED) is 0.493. The normalized spacial score (nSPS) is 17.2. The number of esters is 1. The second kappa shape index (κ2) is 9.17. The SMILES string of the molecule is CCn1c(COC(=O)c2csc3c2CCCC3)nc2cc(S(=O)(=O)N3CCOCC3)ccc21. The van der Waals surface area contributed by atoms with E-state index in [-0.39, 0.29) is 17.5 Å². The smallest absolute Gasteiger partial charge is 0.339 e. The number of carbonyl (C=O) groups excluding carboxylic acids is 1. The summed E-state index contributed by atoms with van der Waals surface area (Å²) in [5.41, 5.74) is 3.20. The van der Waals surface area contributed by atoms with E-state index in [4.69, 9.17) is 9.47 Å². The standard InChI is InChI=1S/C23H27N3O5S2/c1-2-26-20-8-7-16(33(28,29)25-9-11-30-12-10-25)13-19(20)24-22(26)14-31-23(27)18-15-32-21-6-4-3-5-17(18)21/h7-8,13,15H,2-6,9-12,14H2,1H3. The maximum absolute atomic E-state index is 13.0. The summed E-state index contributed by atoms with van der Waals surface area (Å²) in [4.78, 5) is 18.9. The van der Waals surface area contributed by atoms with E-state index in [0.717, 1.165) is 30.3 Å². The molecule has 0 N–H and O–H groups in total. The molecule has 33 heavy (non-hydrogen) atoms. The van der Waals surface area contributed by atoms with Crippen LogP contribution in [0.25, 0.3) is 11.0 Å². The van der Waals surface area contributed by atoms with Gasteiger partial charge in [0.1, 0.15) is 12.4 Å². The van der Waals surface area contributed by atoms with Gasteiger partial charge in [0.05, 0.1) is 34.7 Å². The lowest BCUT2D eigenvalue weighted by Gasteiger charge is -2.26. The maximum atomic E-state index is 13.0. The Bertz CT molecular complexity index is 1290. The van der Waals surface area contributed by atoms with Crippen LogP contribution in [-0.4, -0.2) is 54.5 Å². The molecule has 0 unspecified atom stereocenters. The number of morpholine rings is 1. The molecule has 1 aliphatic carbocycles. The number of hydrogen-bond acceptors (Lipinski definition) is 7. The first-order valence-electron chi connectivity index (χ1n) is 11.3. The Hall–Kier alpha value is -2.27.